The van der Waals surface area contributed by atoms with Gasteiger partial charge < -0.3 is 4.52 Å². The highest BCUT2D eigenvalue weighted by Gasteiger charge is 2.37. The Hall–Kier alpha value is -0.590. The van der Waals surface area contributed by atoms with Gasteiger partial charge in [0.2, 0.25) is 5.89 Å². The molecule has 0 bridgehead atoms. The maximum atomic E-state index is 12.0. The lowest BCUT2D eigenvalue weighted by atomic mass is 10.3. The van der Waals surface area contributed by atoms with Crippen LogP contribution in [-0.2, 0) is 6.18 Å². The number of nitrogens with zero attached hydrogens (tertiary/aromatic N) is 2. The molecule has 1 atom stereocenters. The number of aromatic nitrogens is 2. The van der Waals surface area contributed by atoms with E-state index in [-0.39, 0.29) is 10.7 Å². The summed E-state index contributed by atoms with van der Waals surface area (Å²) in [4.78, 5) is 2.88. The molecule has 0 saturated heterocycles. The zero-order valence-corrected chi connectivity index (χ0v) is 8.18. The van der Waals surface area contributed by atoms with Crippen LogP contribution in [0.15, 0.2) is 4.52 Å². The van der Waals surface area contributed by atoms with Crippen molar-refractivity contribution in [2.75, 3.05) is 0 Å². The Morgan fingerprint density at radius 1 is 1.54 bits per heavy atom. The second-order valence-electron chi connectivity index (χ2n) is 2.33. The van der Waals surface area contributed by atoms with Gasteiger partial charge in [-0.2, -0.15) is 18.2 Å². The molecule has 0 radical (unpaired) electrons. The van der Waals surface area contributed by atoms with Crippen LogP contribution >= 0.6 is 15.9 Å². The zero-order chi connectivity index (χ0) is 10.1. The molecule has 1 aromatic heterocycles. The molecule has 13 heavy (non-hydrogen) atoms. The SMILES string of the molecule is CCC(Br)c1nc(C(F)(F)F)no1. The van der Waals surface area contributed by atoms with Crippen molar-refractivity contribution in [2.45, 2.75) is 24.3 Å². The molecule has 0 aliphatic rings. The minimum atomic E-state index is -4.54. The number of alkyl halides is 4. The summed E-state index contributed by atoms with van der Waals surface area (Å²) < 4.78 is 40.3. The highest BCUT2D eigenvalue weighted by atomic mass is 79.9. The van der Waals surface area contributed by atoms with Crippen LogP contribution < -0.4 is 0 Å². The second kappa shape index (κ2) is 3.65. The fourth-order valence-corrected chi connectivity index (χ4v) is 0.838. The van der Waals surface area contributed by atoms with Gasteiger partial charge in [-0.15, -0.1) is 0 Å². The predicted molar refractivity (Wildman–Crippen MR) is 41.3 cm³/mol. The quantitative estimate of drug-likeness (QED) is 0.766. The fourth-order valence-electron chi connectivity index (χ4n) is 0.652. The molecule has 0 amide bonds. The smallest absolute Gasteiger partial charge is 0.338 e. The third kappa shape index (κ3) is 2.43. The largest absolute Gasteiger partial charge is 0.455 e. The van der Waals surface area contributed by atoms with E-state index in [0.717, 1.165) is 0 Å². The summed E-state index contributed by atoms with van der Waals surface area (Å²) in [5.41, 5.74) is 0. The topological polar surface area (TPSA) is 38.9 Å². The van der Waals surface area contributed by atoms with E-state index in [9.17, 15) is 13.2 Å². The first kappa shape index (κ1) is 10.5. The number of hydrogen-bond acceptors (Lipinski definition) is 3. The third-order valence-electron chi connectivity index (χ3n) is 1.32. The Labute approximate surface area is 80.4 Å². The van der Waals surface area contributed by atoms with E-state index in [4.69, 9.17) is 0 Å². The van der Waals surface area contributed by atoms with E-state index in [2.05, 4.69) is 30.6 Å². The van der Waals surface area contributed by atoms with E-state index in [1.54, 1.807) is 6.92 Å². The summed E-state index contributed by atoms with van der Waals surface area (Å²) in [6.07, 6.45) is -3.96. The number of rotatable bonds is 2. The molecule has 74 valence electrons. The molecule has 7 heteroatoms. The van der Waals surface area contributed by atoms with Crippen molar-refractivity contribution in [1.82, 2.24) is 10.1 Å². The van der Waals surface area contributed by atoms with E-state index in [1.165, 1.54) is 0 Å². The molecule has 0 aliphatic carbocycles. The lowest BCUT2D eigenvalue weighted by molar-refractivity contribution is -0.146. The number of halogens is 4. The van der Waals surface area contributed by atoms with Crippen molar-refractivity contribution in [3.8, 4) is 0 Å². The molecule has 0 aliphatic heterocycles. The van der Waals surface area contributed by atoms with Crippen molar-refractivity contribution in [3.63, 3.8) is 0 Å². The Balaban J connectivity index is 2.87. The third-order valence-corrected chi connectivity index (χ3v) is 2.36. The average Bonchev–Trinajstić information content (AvgIpc) is 2.50. The molecule has 0 fully saturated rings. The Morgan fingerprint density at radius 2 is 2.15 bits per heavy atom. The van der Waals surface area contributed by atoms with E-state index in [0.29, 0.717) is 6.42 Å². The summed E-state index contributed by atoms with van der Waals surface area (Å²) >= 11 is 3.10. The van der Waals surface area contributed by atoms with Gasteiger partial charge in [-0.3, -0.25) is 0 Å². The zero-order valence-electron chi connectivity index (χ0n) is 6.60. The van der Waals surface area contributed by atoms with Crippen molar-refractivity contribution < 1.29 is 17.7 Å². The lowest BCUT2D eigenvalue weighted by Gasteiger charge is -1.98. The molecule has 0 saturated carbocycles. The summed E-state index contributed by atoms with van der Waals surface area (Å²) in [6, 6.07) is 0. The van der Waals surface area contributed by atoms with Crippen molar-refractivity contribution in [2.24, 2.45) is 0 Å². The fraction of sp³-hybridized carbons (Fsp3) is 0.667. The molecule has 0 N–H and O–H groups in total. The molecule has 3 nitrogen and oxygen atoms in total. The molecule has 1 aromatic rings. The van der Waals surface area contributed by atoms with Crippen LogP contribution in [0.2, 0.25) is 0 Å². The highest BCUT2D eigenvalue weighted by molar-refractivity contribution is 9.09. The minimum Gasteiger partial charge on any atom is -0.338 e. The van der Waals surface area contributed by atoms with Crippen LogP contribution in [0.5, 0.6) is 0 Å². The molecule has 1 heterocycles. The monoisotopic (exact) mass is 258 g/mol. The van der Waals surface area contributed by atoms with Gasteiger partial charge in [0.25, 0.3) is 5.82 Å². The van der Waals surface area contributed by atoms with E-state index in [1.807, 2.05) is 0 Å². The van der Waals surface area contributed by atoms with Crippen LogP contribution in [0.3, 0.4) is 0 Å². The summed E-state index contributed by atoms with van der Waals surface area (Å²) in [5.74, 6) is -1.28. The van der Waals surface area contributed by atoms with Gasteiger partial charge in [0, 0.05) is 0 Å². The Morgan fingerprint density at radius 3 is 2.54 bits per heavy atom. The van der Waals surface area contributed by atoms with Gasteiger partial charge in [0.1, 0.15) is 0 Å². The Bertz CT molecular complexity index is 286. The van der Waals surface area contributed by atoms with Gasteiger partial charge in [0.05, 0.1) is 4.83 Å². The van der Waals surface area contributed by atoms with Crippen LogP contribution in [0.4, 0.5) is 13.2 Å². The average molecular weight is 259 g/mol. The van der Waals surface area contributed by atoms with Crippen molar-refractivity contribution >= 4 is 15.9 Å². The Kier molecular flexibility index (Phi) is 2.94. The second-order valence-corrected chi connectivity index (χ2v) is 3.44. The summed E-state index contributed by atoms with van der Waals surface area (Å²) in [6.45, 7) is 1.79. The molecule has 1 rings (SSSR count). The van der Waals surface area contributed by atoms with Crippen LogP contribution in [0, 0.1) is 0 Å². The lowest BCUT2D eigenvalue weighted by Crippen LogP contribution is -2.07. The van der Waals surface area contributed by atoms with Gasteiger partial charge >= 0.3 is 6.18 Å². The van der Waals surface area contributed by atoms with E-state index < -0.39 is 12.0 Å². The van der Waals surface area contributed by atoms with Crippen LogP contribution in [-0.4, -0.2) is 10.1 Å². The first-order valence-corrected chi connectivity index (χ1v) is 4.41. The standard InChI is InChI=1S/C6H6BrF3N2O/c1-2-3(7)4-11-5(12-13-4)6(8,9)10/h3H,2H2,1H3. The molecular formula is C6H6BrF3N2O. The van der Waals surface area contributed by atoms with Gasteiger partial charge in [-0.25, -0.2) is 0 Å². The first-order chi connectivity index (χ1) is 5.95. The molecule has 1 unspecified atom stereocenters. The van der Waals surface area contributed by atoms with Crippen LogP contribution in [0.25, 0.3) is 0 Å². The first-order valence-electron chi connectivity index (χ1n) is 3.50. The van der Waals surface area contributed by atoms with Gasteiger partial charge in [-0.05, 0) is 6.42 Å². The van der Waals surface area contributed by atoms with Gasteiger partial charge in [-0.1, -0.05) is 28.0 Å². The summed E-state index contributed by atoms with van der Waals surface area (Å²) in [5, 5.41) is 2.82. The number of hydrogen-bond donors (Lipinski definition) is 0. The molecule has 0 spiro atoms. The summed E-state index contributed by atoms with van der Waals surface area (Å²) in [7, 11) is 0. The van der Waals surface area contributed by atoms with Crippen LogP contribution in [0.1, 0.15) is 29.9 Å². The minimum absolute atomic E-state index is 0.0465. The van der Waals surface area contributed by atoms with Gasteiger partial charge in [0.15, 0.2) is 0 Å². The maximum Gasteiger partial charge on any atom is 0.455 e. The van der Waals surface area contributed by atoms with E-state index >= 15 is 0 Å². The molecular weight excluding hydrogens is 253 g/mol. The highest BCUT2D eigenvalue weighted by Crippen LogP contribution is 2.30. The normalized spacial score (nSPS) is 14.5. The molecule has 0 aromatic carbocycles. The maximum absolute atomic E-state index is 12.0. The van der Waals surface area contributed by atoms with Crippen molar-refractivity contribution in [1.29, 1.82) is 0 Å². The predicted octanol–water partition coefficient (Wildman–Crippen LogP) is 2.93. The van der Waals surface area contributed by atoms with Crippen molar-refractivity contribution in [3.05, 3.63) is 11.7 Å².